The van der Waals surface area contributed by atoms with Gasteiger partial charge < -0.3 is 28.7 Å². The monoisotopic (exact) mass is 608 g/mol. The zero-order valence-corrected chi connectivity index (χ0v) is 26.4. The molecule has 0 bridgehead atoms. The van der Waals surface area contributed by atoms with Crippen LogP contribution in [0.1, 0.15) is 39.5 Å². The zero-order valence-electron chi connectivity index (χ0n) is 26.4. The first kappa shape index (κ1) is 32.1. The van der Waals surface area contributed by atoms with Crippen LogP contribution in [0.15, 0.2) is 109 Å². The van der Waals surface area contributed by atoms with Crippen LogP contribution >= 0.6 is 0 Å². The Morgan fingerprint density at radius 2 is 0.911 bits per heavy atom. The highest BCUT2D eigenvalue weighted by molar-refractivity contribution is 5.81. The van der Waals surface area contributed by atoms with Gasteiger partial charge in [0, 0.05) is 63.2 Å². The number of rotatable bonds is 6. The van der Waals surface area contributed by atoms with E-state index >= 15 is 0 Å². The third-order valence-electron chi connectivity index (χ3n) is 8.02. The maximum absolute atomic E-state index is 11.3. The summed E-state index contributed by atoms with van der Waals surface area (Å²) in [5.74, 6) is 3.43. The van der Waals surface area contributed by atoms with Crippen LogP contribution in [0.3, 0.4) is 0 Å². The maximum Gasteiger partial charge on any atom is 0.171 e. The Morgan fingerprint density at radius 3 is 1.33 bits per heavy atom. The minimum atomic E-state index is -0.313. The van der Waals surface area contributed by atoms with E-state index in [9.17, 15) is 4.79 Å². The largest absolute Gasteiger partial charge is 0.457 e. The quantitative estimate of drug-likeness (QED) is 0.218. The summed E-state index contributed by atoms with van der Waals surface area (Å²) in [6.07, 6.45) is 3.16. The Morgan fingerprint density at radius 1 is 0.533 bits per heavy atom. The number of carbonyl (C=O) groups is 1. The van der Waals surface area contributed by atoms with Gasteiger partial charge in [0.15, 0.2) is 5.79 Å². The lowest BCUT2D eigenvalue weighted by Crippen LogP contribution is -2.45. The number of anilines is 2. The average Bonchev–Trinajstić information content (AvgIpc) is 3.56. The molecule has 0 saturated carbocycles. The Kier molecular flexibility index (Phi) is 11.5. The predicted octanol–water partition coefficient (Wildman–Crippen LogP) is 8.50. The van der Waals surface area contributed by atoms with Crippen LogP contribution in [0.25, 0.3) is 0 Å². The molecule has 3 aliphatic rings. The van der Waals surface area contributed by atoms with Crippen LogP contribution in [-0.4, -0.2) is 51.0 Å². The van der Waals surface area contributed by atoms with E-state index < -0.39 is 0 Å². The summed E-state index contributed by atoms with van der Waals surface area (Å²) in [6.45, 7) is 9.00. The minimum absolute atomic E-state index is 0.313. The molecule has 3 saturated heterocycles. The number of para-hydroxylation sites is 2. The molecule has 0 radical (unpaired) electrons. The maximum atomic E-state index is 11.3. The van der Waals surface area contributed by atoms with Crippen molar-refractivity contribution < 1.29 is 23.7 Å². The van der Waals surface area contributed by atoms with Gasteiger partial charge in [0.2, 0.25) is 0 Å². The second kappa shape index (κ2) is 16.1. The third kappa shape index (κ3) is 9.10. The molecule has 236 valence electrons. The Hall–Kier alpha value is -4.33. The van der Waals surface area contributed by atoms with Crippen molar-refractivity contribution in [3.63, 3.8) is 0 Å². The topological polar surface area (TPSA) is 60.5 Å². The molecule has 0 N–H and O–H groups in total. The second-order valence-electron chi connectivity index (χ2n) is 10.9. The lowest BCUT2D eigenvalue weighted by atomic mass is 10.0. The van der Waals surface area contributed by atoms with Gasteiger partial charge in [-0.1, -0.05) is 50.2 Å². The molecule has 0 atom stereocenters. The molecule has 0 unspecified atom stereocenters. The number of piperidine rings is 2. The molecule has 7 nitrogen and oxygen atoms in total. The number of Topliss-reactive ketones (excluding diaryl/α,β-unsaturated/α-hetero) is 1. The first-order valence-electron chi connectivity index (χ1n) is 16.1. The lowest BCUT2D eigenvalue weighted by Gasteiger charge is -2.38. The standard InChI is InChI=1S/C19H21NO3.C17H17NO2.C2H6/c1-2-4-17(5-3-1)23-18-8-6-16(7-9-18)20-12-10-19(11-13-20)21-14-15-22-19;19-15-10-12-18(13-11-15)14-6-8-17(9-7-14)20-16-4-2-1-3-5-16;1-2/h1-9H,10-15H2;1-9H,10-13H2;1-2H3. The summed E-state index contributed by atoms with van der Waals surface area (Å²) < 4.78 is 23.2. The second-order valence-corrected chi connectivity index (χ2v) is 10.9. The van der Waals surface area contributed by atoms with E-state index in [0.717, 1.165) is 80.9 Å². The first-order valence-corrected chi connectivity index (χ1v) is 16.1. The van der Waals surface area contributed by atoms with Crippen molar-refractivity contribution in [1.29, 1.82) is 0 Å². The van der Waals surface area contributed by atoms with Gasteiger partial charge in [-0.2, -0.15) is 0 Å². The van der Waals surface area contributed by atoms with E-state index in [1.165, 1.54) is 5.69 Å². The number of carbonyl (C=O) groups excluding carboxylic acids is 1. The summed E-state index contributed by atoms with van der Waals surface area (Å²) in [5.41, 5.74) is 2.37. The third-order valence-corrected chi connectivity index (χ3v) is 8.02. The molecular weight excluding hydrogens is 564 g/mol. The van der Waals surface area contributed by atoms with Crippen LogP contribution in [0.2, 0.25) is 0 Å². The van der Waals surface area contributed by atoms with Crippen LogP contribution < -0.4 is 19.3 Å². The van der Waals surface area contributed by atoms with E-state index in [1.807, 2.05) is 111 Å². The van der Waals surface area contributed by atoms with E-state index in [4.69, 9.17) is 18.9 Å². The van der Waals surface area contributed by atoms with Crippen molar-refractivity contribution in [3.05, 3.63) is 109 Å². The molecule has 0 aliphatic carbocycles. The number of hydrogen-bond acceptors (Lipinski definition) is 7. The molecule has 7 rings (SSSR count). The highest BCUT2D eigenvalue weighted by Gasteiger charge is 2.39. The fraction of sp³-hybridized carbons (Fsp3) is 0.342. The smallest absolute Gasteiger partial charge is 0.171 e. The predicted molar refractivity (Wildman–Crippen MR) is 180 cm³/mol. The fourth-order valence-corrected chi connectivity index (χ4v) is 5.60. The van der Waals surface area contributed by atoms with Gasteiger partial charge in [-0.25, -0.2) is 0 Å². The lowest BCUT2D eigenvalue weighted by molar-refractivity contribution is -0.169. The molecule has 3 heterocycles. The van der Waals surface area contributed by atoms with Crippen LogP contribution in [0.4, 0.5) is 11.4 Å². The van der Waals surface area contributed by atoms with Crippen molar-refractivity contribution in [2.24, 2.45) is 0 Å². The van der Waals surface area contributed by atoms with Gasteiger partial charge in [0.25, 0.3) is 0 Å². The van der Waals surface area contributed by atoms with E-state index in [0.29, 0.717) is 18.6 Å². The van der Waals surface area contributed by atoms with E-state index in [1.54, 1.807) is 0 Å². The molecule has 3 fully saturated rings. The SMILES string of the molecule is CC.O=C1CCN(c2ccc(Oc3ccccc3)cc2)CC1.c1ccc(Oc2ccc(N3CCC4(CC3)OCCO4)cc2)cc1. The average molecular weight is 609 g/mol. The van der Waals surface area contributed by atoms with Gasteiger partial charge >= 0.3 is 0 Å². The summed E-state index contributed by atoms with van der Waals surface area (Å²) in [4.78, 5) is 15.9. The van der Waals surface area contributed by atoms with Crippen molar-refractivity contribution in [2.45, 2.75) is 45.3 Å². The first-order chi connectivity index (χ1) is 22.1. The zero-order chi connectivity index (χ0) is 31.3. The van der Waals surface area contributed by atoms with Gasteiger partial charge in [0.1, 0.15) is 28.8 Å². The Balaban J connectivity index is 0.000000170. The minimum Gasteiger partial charge on any atom is -0.457 e. The number of nitrogens with zero attached hydrogens (tertiary/aromatic N) is 2. The van der Waals surface area contributed by atoms with Gasteiger partial charge in [-0.05, 0) is 72.8 Å². The highest BCUT2D eigenvalue weighted by atomic mass is 16.7. The highest BCUT2D eigenvalue weighted by Crippen LogP contribution is 2.34. The summed E-state index contributed by atoms with van der Waals surface area (Å²) >= 11 is 0. The van der Waals surface area contributed by atoms with Crippen molar-refractivity contribution in [3.8, 4) is 23.0 Å². The molecule has 4 aromatic rings. The van der Waals surface area contributed by atoms with Crippen LogP contribution in [0, 0.1) is 0 Å². The van der Waals surface area contributed by atoms with Crippen molar-refractivity contribution in [1.82, 2.24) is 0 Å². The normalized spacial score (nSPS) is 17.1. The summed E-state index contributed by atoms with van der Waals surface area (Å²) in [6, 6.07) is 35.9. The Labute approximate surface area is 267 Å². The molecule has 0 aromatic heterocycles. The molecular formula is C38H44N2O5. The van der Waals surface area contributed by atoms with Gasteiger partial charge in [-0.3, -0.25) is 4.79 Å². The molecule has 1 spiro atoms. The number of hydrogen-bond donors (Lipinski definition) is 0. The van der Waals surface area contributed by atoms with Crippen molar-refractivity contribution in [2.75, 3.05) is 49.2 Å². The molecule has 0 amide bonds. The van der Waals surface area contributed by atoms with Gasteiger partial charge in [0.05, 0.1) is 13.2 Å². The molecule has 7 heteroatoms. The molecule has 3 aliphatic heterocycles. The summed E-state index contributed by atoms with van der Waals surface area (Å²) in [7, 11) is 0. The number of ether oxygens (including phenoxy) is 4. The number of ketones is 1. The number of benzene rings is 4. The Bertz CT molecular complexity index is 1420. The van der Waals surface area contributed by atoms with Crippen LogP contribution in [-0.2, 0) is 14.3 Å². The van der Waals surface area contributed by atoms with Crippen molar-refractivity contribution >= 4 is 17.2 Å². The fourth-order valence-electron chi connectivity index (χ4n) is 5.60. The molecule has 45 heavy (non-hydrogen) atoms. The van der Waals surface area contributed by atoms with Crippen LogP contribution in [0.5, 0.6) is 23.0 Å². The van der Waals surface area contributed by atoms with Gasteiger partial charge in [-0.15, -0.1) is 0 Å². The van der Waals surface area contributed by atoms with E-state index in [2.05, 4.69) is 21.9 Å². The molecule has 4 aromatic carbocycles. The summed E-state index contributed by atoms with van der Waals surface area (Å²) in [5, 5.41) is 0. The van der Waals surface area contributed by atoms with E-state index in [-0.39, 0.29) is 5.79 Å².